The Morgan fingerprint density at radius 1 is 0.400 bits per heavy atom. The summed E-state index contributed by atoms with van der Waals surface area (Å²) in [6, 6.07) is 0. The zero-order valence-electron chi connectivity index (χ0n) is 17.6. The van der Waals surface area contributed by atoms with Crippen molar-refractivity contribution in [1.82, 2.24) is 0 Å². The van der Waals surface area contributed by atoms with Crippen LogP contribution in [0.2, 0.25) is 0 Å². The molecule has 0 radical (unpaired) electrons. The predicted molar refractivity (Wildman–Crippen MR) is 123 cm³/mol. The first-order valence-electron chi connectivity index (χ1n) is 10.7. The molecule has 0 atom stereocenters. The first-order chi connectivity index (χ1) is 12.2. The van der Waals surface area contributed by atoms with Gasteiger partial charge >= 0.3 is 0 Å². The first kappa shape index (κ1) is 24.4. The van der Waals surface area contributed by atoms with Gasteiger partial charge in [0, 0.05) is 7.26 Å². The van der Waals surface area contributed by atoms with Crippen LogP contribution in [-0.4, -0.2) is 24.6 Å². The lowest BCUT2D eigenvalue weighted by atomic mass is 10.3. The summed E-state index contributed by atoms with van der Waals surface area (Å²) >= 11 is 0. The van der Waals surface area contributed by atoms with E-state index in [1.807, 2.05) is 0 Å². The van der Waals surface area contributed by atoms with Crippen LogP contribution in [0, 0.1) is 0 Å². The van der Waals surface area contributed by atoms with Crippen LogP contribution >= 0.6 is 7.26 Å². The van der Waals surface area contributed by atoms with E-state index in [2.05, 4.69) is 76.3 Å². The summed E-state index contributed by atoms with van der Waals surface area (Å²) in [6.45, 7) is 9.06. The fraction of sp³-hybridized carbons (Fsp3) is 0.667. The van der Waals surface area contributed by atoms with Gasteiger partial charge in [-0.15, -0.1) is 0 Å². The second-order valence-corrected chi connectivity index (χ2v) is 11.3. The average molecular weight is 364 g/mol. The number of hydrogen-bond donors (Lipinski definition) is 0. The maximum Gasteiger partial charge on any atom is 0.0782 e. The minimum absolute atomic E-state index is 1.00. The van der Waals surface area contributed by atoms with Crippen molar-refractivity contribution >= 4 is 7.26 Å². The Morgan fingerprint density at radius 3 is 0.840 bits per heavy atom. The molecule has 1 heteroatoms. The summed E-state index contributed by atoms with van der Waals surface area (Å²) in [5.74, 6) is 0. The topological polar surface area (TPSA) is 0 Å². The first-order valence-corrected chi connectivity index (χ1v) is 13.2. The van der Waals surface area contributed by atoms with E-state index in [1.165, 1.54) is 76.0 Å². The minimum Gasteiger partial charge on any atom is -0.0850 e. The molecule has 0 aliphatic heterocycles. The van der Waals surface area contributed by atoms with Crippen LogP contribution in [-0.2, 0) is 0 Å². The summed E-state index contributed by atoms with van der Waals surface area (Å²) in [7, 11) is -1.00. The summed E-state index contributed by atoms with van der Waals surface area (Å²) in [5.41, 5.74) is 0. The Hall–Kier alpha value is -0.610. The zero-order valence-corrected chi connectivity index (χ0v) is 18.4. The molecule has 0 bridgehead atoms. The molecular weight excluding hydrogens is 319 g/mol. The third kappa shape index (κ3) is 14.3. The van der Waals surface area contributed by atoms with Crippen LogP contribution < -0.4 is 0 Å². The molecule has 0 rings (SSSR count). The molecule has 0 saturated heterocycles. The van der Waals surface area contributed by atoms with Gasteiger partial charge in [-0.25, -0.2) is 0 Å². The molecule has 0 aromatic carbocycles. The molecule has 0 amide bonds. The Kier molecular flexibility index (Phi) is 17.7. The Balaban J connectivity index is 5.11. The zero-order chi connectivity index (χ0) is 18.6. The van der Waals surface area contributed by atoms with Crippen molar-refractivity contribution in [2.75, 3.05) is 24.6 Å². The van der Waals surface area contributed by atoms with Crippen LogP contribution in [0.4, 0.5) is 0 Å². The van der Waals surface area contributed by atoms with Crippen molar-refractivity contribution in [2.24, 2.45) is 0 Å². The standard InChI is InChI=1S/C24H44P/c1-5-9-13-17-21-25(22-18-14-10-6-2,23-19-15-11-7-3)24-20-16-12-8-4/h13-20H,5-12,21-24H2,1-4H3/q+1/b17-13+,18-14+,19-15+,20-16+. The maximum absolute atomic E-state index is 2.49. The number of unbranched alkanes of at least 4 members (excludes halogenated alkanes) is 4. The van der Waals surface area contributed by atoms with Gasteiger partial charge in [0.15, 0.2) is 0 Å². The summed E-state index contributed by atoms with van der Waals surface area (Å²) in [6.07, 6.45) is 34.7. The van der Waals surface area contributed by atoms with Crippen LogP contribution in [0.25, 0.3) is 0 Å². The fourth-order valence-electron chi connectivity index (χ4n) is 2.78. The van der Waals surface area contributed by atoms with Gasteiger partial charge < -0.3 is 0 Å². The molecule has 0 spiro atoms. The van der Waals surface area contributed by atoms with Gasteiger partial charge in [-0.3, -0.25) is 0 Å². The third-order valence-electron chi connectivity index (χ3n) is 4.46. The van der Waals surface area contributed by atoms with Crippen molar-refractivity contribution in [3.8, 4) is 0 Å². The van der Waals surface area contributed by atoms with Crippen molar-refractivity contribution in [1.29, 1.82) is 0 Å². The second kappa shape index (κ2) is 18.2. The summed E-state index contributed by atoms with van der Waals surface area (Å²) in [5, 5.41) is 0. The lowest BCUT2D eigenvalue weighted by Gasteiger charge is -2.23. The maximum atomic E-state index is 2.49. The second-order valence-electron chi connectivity index (χ2n) is 7.11. The van der Waals surface area contributed by atoms with E-state index in [4.69, 9.17) is 0 Å². The fourth-order valence-corrected chi connectivity index (χ4v) is 6.06. The molecule has 144 valence electrons. The molecule has 0 aliphatic rings. The van der Waals surface area contributed by atoms with Gasteiger partial charge in [0.25, 0.3) is 0 Å². The van der Waals surface area contributed by atoms with Crippen LogP contribution in [0.5, 0.6) is 0 Å². The Morgan fingerprint density at radius 2 is 0.640 bits per heavy atom. The van der Waals surface area contributed by atoms with Crippen LogP contribution in [0.1, 0.15) is 79.1 Å². The van der Waals surface area contributed by atoms with Crippen molar-refractivity contribution < 1.29 is 0 Å². The molecule has 0 aromatic rings. The molecule has 0 saturated carbocycles. The summed E-state index contributed by atoms with van der Waals surface area (Å²) < 4.78 is 0. The Bertz CT molecular complexity index is 309. The van der Waals surface area contributed by atoms with E-state index in [-0.39, 0.29) is 0 Å². The Labute approximate surface area is 159 Å². The molecule has 0 heterocycles. The van der Waals surface area contributed by atoms with Crippen LogP contribution in [0.15, 0.2) is 48.6 Å². The molecule has 0 aliphatic carbocycles. The lowest BCUT2D eigenvalue weighted by Crippen LogP contribution is -2.08. The molecular formula is C24H44P+. The van der Waals surface area contributed by atoms with Crippen molar-refractivity contribution in [3.05, 3.63) is 48.6 Å². The SMILES string of the molecule is CCC/C=C/C[P+](C/C=C/CCC)(C/C=C/CCC)C/C=C/CCC. The predicted octanol–water partition coefficient (Wildman–Crippen LogP) is 8.43. The van der Waals surface area contributed by atoms with E-state index in [1.54, 1.807) is 0 Å². The van der Waals surface area contributed by atoms with E-state index >= 15 is 0 Å². The molecule has 0 aromatic heterocycles. The van der Waals surface area contributed by atoms with Crippen LogP contribution in [0.3, 0.4) is 0 Å². The minimum atomic E-state index is -1.00. The van der Waals surface area contributed by atoms with Crippen molar-refractivity contribution in [3.63, 3.8) is 0 Å². The largest absolute Gasteiger partial charge is 0.0850 e. The van der Waals surface area contributed by atoms with Gasteiger partial charge in [0.1, 0.15) is 0 Å². The van der Waals surface area contributed by atoms with Crippen molar-refractivity contribution in [2.45, 2.75) is 79.1 Å². The molecule has 25 heavy (non-hydrogen) atoms. The highest BCUT2D eigenvalue weighted by Crippen LogP contribution is 2.59. The quantitative estimate of drug-likeness (QED) is 0.191. The molecule has 0 nitrogen and oxygen atoms in total. The van der Waals surface area contributed by atoms with Gasteiger partial charge in [-0.2, -0.15) is 0 Å². The average Bonchev–Trinajstić information content (AvgIpc) is 2.63. The van der Waals surface area contributed by atoms with E-state index in [0.29, 0.717) is 0 Å². The highest BCUT2D eigenvalue weighted by Gasteiger charge is 2.32. The summed E-state index contributed by atoms with van der Waals surface area (Å²) in [4.78, 5) is 0. The number of hydrogen-bond acceptors (Lipinski definition) is 0. The normalized spacial score (nSPS) is 13.3. The van der Waals surface area contributed by atoms with Gasteiger partial charge in [-0.05, 0) is 25.7 Å². The smallest absolute Gasteiger partial charge is 0.0782 e. The lowest BCUT2D eigenvalue weighted by molar-refractivity contribution is 0.955. The monoisotopic (exact) mass is 363 g/mol. The molecule has 0 N–H and O–H groups in total. The van der Waals surface area contributed by atoms with E-state index < -0.39 is 7.26 Å². The third-order valence-corrected chi connectivity index (χ3v) is 8.40. The number of rotatable bonds is 16. The number of allylic oxidation sites excluding steroid dienone is 8. The molecule has 0 unspecified atom stereocenters. The van der Waals surface area contributed by atoms with Gasteiger partial charge in [-0.1, -0.05) is 102 Å². The van der Waals surface area contributed by atoms with E-state index in [9.17, 15) is 0 Å². The molecule has 0 fully saturated rings. The van der Waals surface area contributed by atoms with Gasteiger partial charge in [0.05, 0.1) is 24.6 Å². The van der Waals surface area contributed by atoms with E-state index in [0.717, 1.165) is 0 Å². The van der Waals surface area contributed by atoms with Gasteiger partial charge in [0.2, 0.25) is 0 Å². The highest BCUT2D eigenvalue weighted by atomic mass is 31.2. The highest BCUT2D eigenvalue weighted by molar-refractivity contribution is 7.76.